The van der Waals surface area contributed by atoms with Crippen LogP contribution in [0.25, 0.3) is 0 Å². The van der Waals surface area contributed by atoms with E-state index >= 15 is 0 Å². The maximum Gasteiger partial charge on any atom is 0.279 e. The smallest absolute Gasteiger partial charge is 0.279 e. The van der Waals surface area contributed by atoms with Gasteiger partial charge in [0.05, 0.1) is 6.20 Å². The van der Waals surface area contributed by atoms with Crippen molar-refractivity contribution in [2.24, 2.45) is 7.05 Å². The summed E-state index contributed by atoms with van der Waals surface area (Å²) in [6.07, 6.45) is 5.32. The topological polar surface area (TPSA) is 79.3 Å². The van der Waals surface area contributed by atoms with E-state index in [2.05, 4.69) is 22.1 Å². The maximum atomic E-state index is 12.0. The van der Waals surface area contributed by atoms with Crippen LogP contribution < -0.4 is 10.0 Å². The SMILES string of the molecule is CCCNCCCN(C)S(=O)(=O)NCc1cnn(C)c1. The molecule has 0 fully saturated rings. The summed E-state index contributed by atoms with van der Waals surface area (Å²) >= 11 is 0. The molecule has 0 atom stereocenters. The molecule has 7 nitrogen and oxygen atoms in total. The molecule has 1 aromatic heterocycles. The lowest BCUT2D eigenvalue weighted by atomic mass is 10.4. The Labute approximate surface area is 121 Å². The highest BCUT2D eigenvalue weighted by molar-refractivity contribution is 7.87. The zero-order chi connectivity index (χ0) is 15.0. The van der Waals surface area contributed by atoms with Gasteiger partial charge in [0.15, 0.2) is 0 Å². The normalized spacial score (nSPS) is 12.2. The van der Waals surface area contributed by atoms with Crippen LogP contribution in [0.1, 0.15) is 25.3 Å². The van der Waals surface area contributed by atoms with Gasteiger partial charge in [0.1, 0.15) is 0 Å². The van der Waals surface area contributed by atoms with Crippen LogP contribution in [-0.4, -0.2) is 49.2 Å². The fourth-order valence-corrected chi connectivity index (χ4v) is 2.64. The summed E-state index contributed by atoms with van der Waals surface area (Å²) in [7, 11) is -0.0357. The van der Waals surface area contributed by atoms with Crippen LogP contribution in [0.4, 0.5) is 0 Å². The van der Waals surface area contributed by atoms with E-state index < -0.39 is 10.2 Å². The van der Waals surface area contributed by atoms with Gasteiger partial charge in [-0.3, -0.25) is 4.68 Å². The summed E-state index contributed by atoms with van der Waals surface area (Å²) in [6, 6.07) is 0. The summed E-state index contributed by atoms with van der Waals surface area (Å²) in [4.78, 5) is 0. The highest BCUT2D eigenvalue weighted by atomic mass is 32.2. The molecule has 2 N–H and O–H groups in total. The van der Waals surface area contributed by atoms with E-state index in [1.165, 1.54) is 4.31 Å². The van der Waals surface area contributed by atoms with Crippen molar-refractivity contribution in [3.05, 3.63) is 18.0 Å². The van der Waals surface area contributed by atoms with Gasteiger partial charge in [-0.05, 0) is 25.9 Å². The van der Waals surface area contributed by atoms with Crippen molar-refractivity contribution in [3.63, 3.8) is 0 Å². The lowest BCUT2D eigenvalue weighted by molar-refractivity contribution is 0.444. The highest BCUT2D eigenvalue weighted by Crippen LogP contribution is 2.00. The molecule has 0 radical (unpaired) electrons. The van der Waals surface area contributed by atoms with Crippen molar-refractivity contribution in [2.75, 3.05) is 26.7 Å². The summed E-state index contributed by atoms with van der Waals surface area (Å²) in [5.74, 6) is 0. The van der Waals surface area contributed by atoms with Gasteiger partial charge in [-0.2, -0.15) is 22.5 Å². The number of aromatic nitrogens is 2. The van der Waals surface area contributed by atoms with Crippen LogP contribution in [-0.2, 0) is 23.8 Å². The number of nitrogens with one attached hydrogen (secondary N) is 2. The molecule has 20 heavy (non-hydrogen) atoms. The van der Waals surface area contributed by atoms with Crippen LogP contribution in [0.15, 0.2) is 12.4 Å². The fraction of sp³-hybridized carbons (Fsp3) is 0.750. The first-order chi connectivity index (χ1) is 9.45. The average Bonchev–Trinajstić information content (AvgIpc) is 2.82. The summed E-state index contributed by atoms with van der Waals surface area (Å²) in [5.41, 5.74) is 0.842. The van der Waals surface area contributed by atoms with Gasteiger partial charge in [-0.1, -0.05) is 6.92 Å². The van der Waals surface area contributed by atoms with Crippen LogP contribution in [0.2, 0.25) is 0 Å². The van der Waals surface area contributed by atoms with E-state index in [1.54, 1.807) is 31.2 Å². The quantitative estimate of drug-likeness (QED) is 0.600. The number of hydrogen-bond acceptors (Lipinski definition) is 4. The Hall–Kier alpha value is -0.960. The van der Waals surface area contributed by atoms with Crippen LogP contribution in [0.3, 0.4) is 0 Å². The Bertz CT molecular complexity index is 486. The molecule has 1 rings (SSSR count). The van der Waals surface area contributed by atoms with Crippen LogP contribution in [0, 0.1) is 0 Å². The van der Waals surface area contributed by atoms with Crippen molar-refractivity contribution in [1.82, 2.24) is 24.1 Å². The number of aryl methyl sites for hydroxylation is 1. The molecule has 0 aliphatic carbocycles. The van der Waals surface area contributed by atoms with E-state index in [1.807, 2.05) is 0 Å². The molecule has 0 aliphatic rings. The van der Waals surface area contributed by atoms with Crippen molar-refractivity contribution in [1.29, 1.82) is 0 Å². The lowest BCUT2D eigenvalue weighted by Crippen LogP contribution is -2.39. The van der Waals surface area contributed by atoms with E-state index in [4.69, 9.17) is 0 Å². The lowest BCUT2D eigenvalue weighted by Gasteiger charge is -2.17. The summed E-state index contributed by atoms with van der Waals surface area (Å²) in [6.45, 7) is 4.66. The molecule has 0 saturated carbocycles. The Morgan fingerprint density at radius 2 is 2.15 bits per heavy atom. The van der Waals surface area contributed by atoms with Gasteiger partial charge in [-0.25, -0.2) is 0 Å². The van der Waals surface area contributed by atoms with Gasteiger partial charge in [-0.15, -0.1) is 0 Å². The number of rotatable bonds is 10. The third-order valence-corrected chi connectivity index (χ3v) is 4.39. The van der Waals surface area contributed by atoms with E-state index in [0.29, 0.717) is 6.54 Å². The van der Waals surface area contributed by atoms with Gasteiger partial charge >= 0.3 is 0 Å². The fourth-order valence-electron chi connectivity index (χ4n) is 1.70. The Morgan fingerprint density at radius 3 is 2.75 bits per heavy atom. The van der Waals surface area contributed by atoms with Crippen molar-refractivity contribution >= 4 is 10.2 Å². The second-order valence-electron chi connectivity index (χ2n) is 4.77. The molecule has 1 heterocycles. The molecular formula is C12H25N5O2S. The first-order valence-corrected chi connectivity index (χ1v) is 8.29. The Kier molecular flexibility index (Phi) is 7.14. The van der Waals surface area contributed by atoms with E-state index in [0.717, 1.165) is 31.5 Å². The van der Waals surface area contributed by atoms with Gasteiger partial charge < -0.3 is 5.32 Å². The minimum atomic E-state index is -3.42. The third kappa shape index (κ3) is 6.00. The van der Waals surface area contributed by atoms with Crippen LogP contribution in [0.5, 0.6) is 0 Å². The summed E-state index contributed by atoms with van der Waals surface area (Å²) < 4.78 is 29.6. The molecule has 0 amide bonds. The third-order valence-electron chi connectivity index (χ3n) is 2.88. The minimum Gasteiger partial charge on any atom is -0.317 e. The maximum absolute atomic E-state index is 12.0. The zero-order valence-electron chi connectivity index (χ0n) is 12.5. The zero-order valence-corrected chi connectivity index (χ0v) is 13.3. The number of nitrogens with zero attached hydrogens (tertiary/aromatic N) is 3. The Balaban J connectivity index is 2.31. The Morgan fingerprint density at radius 1 is 1.40 bits per heavy atom. The second kappa shape index (κ2) is 8.35. The average molecular weight is 303 g/mol. The standard InChI is InChI=1S/C12H25N5O2S/c1-4-6-13-7-5-8-17(3)20(18,19)15-10-12-9-14-16(2)11-12/h9,11,13,15H,4-8,10H2,1-3H3. The molecule has 0 unspecified atom stereocenters. The highest BCUT2D eigenvalue weighted by Gasteiger charge is 2.16. The van der Waals surface area contributed by atoms with Gasteiger partial charge in [0.25, 0.3) is 10.2 Å². The number of hydrogen-bond donors (Lipinski definition) is 2. The van der Waals surface area contributed by atoms with Crippen molar-refractivity contribution in [3.8, 4) is 0 Å². The molecule has 116 valence electrons. The predicted molar refractivity (Wildman–Crippen MR) is 79.4 cm³/mol. The molecule has 8 heteroatoms. The van der Waals surface area contributed by atoms with Gasteiger partial charge in [0.2, 0.25) is 0 Å². The molecule has 0 aliphatic heterocycles. The monoisotopic (exact) mass is 303 g/mol. The molecule has 0 bridgehead atoms. The van der Waals surface area contributed by atoms with E-state index in [-0.39, 0.29) is 6.54 Å². The second-order valence-corrected chi connectivity index (χ2v) is 6.64. The minimum absolute atomic E-state index is 0.259. The predicted octanol–water partition coefficient (Wildman–Crippen LogP) is 0.0760. The molecule has 0 aromatic carbocycles. The first kappa shape index (κ1) is 17.1. The van der Waals surface area contributed by atoms with Gasteiger partial charge in [0, 0.05) is 38.9 Å². The largest absolute Gasteiger partial charge is 0.317 e. The molecule has 1 aromatic rings. The van der Waals surface area contributed by atoms with Crippen molar-refractivity contribution < 1.29 is 8.42 Å². The van der Waals surface area contributed by atoms with E-state index in [9.17, 15) is 8.42 Å². The van der Waals surface area contributed by atoms with Crippen LogP contribution >= 0.6 is 0 Å². The molecular weight excluding hydrogens is 278 g/mol. The molecule has 0 spiro atoms. The molecule has 0 saturated heterocycles. The van der Waals surface area contributed by atoms with Crippen molar-refractivity contribution in [2.45, 2.75) is 26.3 Å². The first-order valence-electron chi connectivity index (χ1n) is 6.85. The summed E-state index contributed by atoms with van der Waals surface area (Å²) in [5, 5.41) is 7.25.